The fourth-order valence-electron chi connectivity index (χ4n) is 3.52. The van der Waals surface area contributed by atoms with Crippen LogP contribution in [0.2, 0.25) is 0 Å². The highest BCUT2D eigenvalue weighted by atomic mass is 32.2. The number of para-hydroxylation sites is 1. The number of amides is 1. The van der Waals surface area contributed by atoms with E-state index in [1.165, 1.54) is 19.2 Å². The van der Waals surface area contributed by atoms with Crippen LogP contribution in [0.25, 0.3) is 0 Å². The number of sulfonamides is 1. The molecule has 2 aliphatic heterocycles. The van der Waals surface area contributed by atoms with E-state index in [1.807, 2.05) is 24.3 Å². The molecule has 0 unspecified atom stereocenters. The van der Waals surface area contributed by atoms with Crippen LogP contribution in [0.1, 0.15) is 12.0 Å². The van der Waals surface area contributed by atoms with Gasteiger partial charge in [0.05, 0.1) is 11.4 Å². The van der Waals surface area contributed by atoms with Crippen LogP contribution in [0, 0.1) is 0 Å². The fourth-order valence-corrected chi connectivity index (χ4v) is 4.65. The number of hydrogen-bond donors (Lipinski definition) is 0. The van der Waals surface area contributed by atoms with Crippen LogP contribution in [0.4, 0.5) is 5.69 Å². The summed E-state index contributed by atoms with van der Waals surface area (Å²) in [5.74, 6) is 0.682. The van der Waals surface area contributed by atoms with E-state index in [1.54, 1.807) is 11.0 Å². The Morgan fingerprint density at radius 3 is 2.68 bits per heavy atom. The maximum Gasteiger partial charge on any atom is 0.243 e. The lowest BCUT2D eigenvalue weighted by molar-refractivity contribution is -0.118. The van der Waals surface area contributed by atoms with Crippen molar-refractivity contribution in [3.05, 3.63) is 48.0 Å². The minimum Gasteiger partial charge on any atom is -0.486 e. The first-order chi connectivity index (χ1) is 13.5. The summed E-state index contributed by atoms with van der Waals surface area (Å²) in [5, 5.41) is 0. The Bertz CT molecular complexity index is 1010. The SMILES string of the molecule is CN(CC(=O)N1CCCc2ccccc21)S(=O)(=O)c1ccc2c(c1)OCCO2. The van der Waals surface area contributed by atoms with Gasteiger partial charge in [-0.2, -0.15) is 4.31 Å². The van der Waals surface area contributed by atoms with Crippen molar-refractivity contribution in [1.29, 1.82) is 0 Å². The molecule has 0 saturated heterocycles. The zero-order valence-electron chi connectivity index (χ0n) is 15.6. The van der Waals surface area contributed by atoms with Gasteiger partial charge >= 0.3 is 0 Å². The number of aryl methyl sites for hydroxylation is 1. The molecular formula is C20H22N2O5S. The highest BCUT2D eigenvalue weighted by Crippen LogP contribution is 2.33. The lowest BCUT2D eigenvalue weighted by atomic mass is 10.0. The number of anilines is 1. The average Bonchev–Trinajstić information content (AvgIpc) is 2.72. The third-order valence-electron chi connectivity index (χ3n) is 4.99. The molecule has 0 saturated carbocycles. The maximum atomic E-state index is 12.9. The number of hydrogen-bond acceptors (Lipinski definition) is 5. The number of benzene rings is 2. The largest absolute Gasteiger partial charge is 0.486 e. The van der Waals surface area contributed by atoms with Crippen molar-refractivity contribution in [3.63, 3.8) is 0 Å². The fraction of sp³-hybridized carbons (Fsp3) is 0.350. The second-order valence-corrected chi connectivity index (χ2v) is 8.89. The molecule has 0 fully saturated rings. The van der Waals surface area contributed by atoms with E-state index in [9.17, 15) is 13.2 Å². The van der Waals surface area contributed by atoms with Gasteiger partial charge < -0.3 is 14.4 Å². The van der Waals surface area contributed by atoms with Crippen molar-refractivity contribution in [2.75, 3.05) is 38.3 Å². The molecule has 148 valence electrons. The molecule has 0 aromatic heterocycles. The van der Waals surface area contributed by atoms with Crippen LogP contribution in [0.15, 0.2) is 47.4 Å². The van der Waals surface area contributed by atoms with Crippen LogP contribution in [0.5, 0.6) is 11.5 Å². The van der Waals surface area contributed by atoms with Gasteiger partial charge in [-0.3, -0.25) is 4.79 Å². The Morgan fingerprint density at radius 1 is 1.11 bits per heavy atom. The molecule has 0 spiro atoms. The maximum absolute atomic E-state index is 12.9. The molecule has 0 atom stereocenters. The van der Waals surface area contributed by atoms with Gasteiger partial charge in [0.25, 0.3) is 0 Å². The highest BCUT2D eigenvalue weighted by Gasteiger charge is 2.29. The molecule has 2 heterocycles. The van der Waals surface area contributed by atoms with Gasteiger partial charge in [0.1, 0.15) is 13.2 Å². The first-order valence-electron chi connectivity index (χ1n) is 9.21. The smallest absolute Gasteiger partial charge is 0.243 e. The molecule has 0 N–H and O–H groups in total. The van der Waals surface area contributed by atoms with Gasteiger partial charge in [-0.1, -0.05) is 18.2 Å². The van der Waals surface area contributed by atoms with Crippen molar-refractivity contribution in [1.82, 2.24) is 4.31 Å². The first kappa shape index (κ1) is 18.8. The van der Waals surface area contributed by atoms with Crippen molar-refractivity contribution in [3.8, 4) is 11.5 Å². The number of likely N-dealkylation sites (N-methyl/N-ethyl adjacent to an activating group) is 1. The van der Waals surface area contributed by atoms with Crippen molar-refractivity contribution >= 4 is 21.6 Å². The first-order valence-corrected chi connectivity index (χ1v) is 10.6. The van der Waals surface area contributed by atoms with Crippen molar-refractivity contribution < 1.29 is 22.7 Å². The number of fused-ring (bicyclic) bond motifs is 2. The number of rotatable bonds is 4. The summed E-state index contributed by atoms with van der Waals surface area (Å²) in [5.41, 5.74) is 1.98. The van der Waals surface area contributed by atoms with Gasteiger partial charge in [-0.25, -0.2) is 8.42 Å². The Hall–Kier alpha value is -2.58. The summed E-state index contributed by atoms with van der Waals surface area (Å²) in [6, 6.07) is 12.2. The summed E-state index contributed by atoms with van der Waals surface area (Å²) in [4.78, 5) is 14.6. The van der Waals surface area contributed by atoms with E-state index < -0.39 is 10.0 Å². The summed E-state index contributed by atoms with van der Waals surface area (Å²) in [7, 11) is -2.42. The molecule has 2 aliphatic rings. The van der Waals surface area contributed by atoms with Gasteiger partial charge in [0.2, 0.25) is 15.9 Å². The van der Waals surface area contributed by atoms with E-state index >= 15 is 0 Å². The van der Waals surface area contributed by atoms with Crippen molar-refractivity contribution in [2.45, 2.75) is 17.7 Å². The zero-order valence-corrected chi connectivity index (χ0v) is 16.4. The van der Waals surface area contributed by atoms with Crippen LogP contribution in [-0.2, 0) is 21.2 Å². The summed E-state index contributed by atoms with van der Waals surface area (Å²) >= 11 is 0. The third-order valence-corrected chi connectivity index (χ3v) is 6.79. The number of nitrogens with zero attached hydrogens (tertiary/aromatic N) is 2. The molecule has 0 radical (unpaired) electrons. The van der Waals surface area contributed by atoms with Gasteiger partial charge in [0, 0.05) is 25.3 Å². The third kappa shape index (κ3) is 3.45. The Balaban J connectivity index is 1.53. The normalized spacial score (nSPS) is 16.0. The standard InChI is InChI=1S/C20H22N2O5S/c1-21(14-20(23)22-10-4-6-15-5-2-3-7-17(15)22)28(24,25)16-8-9-18-19(13-16)27-12-11-26-18/h2-3,5,7-9,13H,4,6,10-12,14H2,1H3. The number of ether oxygens (including phenoxy) is 2. The lowest BCUT2D eigenvalue weighted by Gasteiger charge is -2.30. The lowest BCUT2D eigenvalue weighted by Crippen LogP contribution is -2.43. The van der Waals surface area contributed by atoms with E-state index in [4.69, 9.17) is 9.47 Å². The minimum absolute atomic E-state index is 0.0751. The predicted octanol–water partition coefficient (Wildman–Crippen LogP) is 2.06. The topological polar surface area (TPSA) is 76.2 Å². The monoisotopic (exact) mass is 402 g/mol. The molecule has 4 rings (SSSR count). The molecule has 28 heavy (non-hydrogen) atoms. The second kappa shape index (κ2) is 7.44. The van der Waals surface area contributed by atoms with Crippen LogP contribution in [0.3, 0.4) is 0 Å². The Labute approximate surface area is 164 Å². The molecule has 8 heteroatoms. The van der Waals surface area contributed by atoms with Crippen LogP contribution >= 0.6 is 0 Å². The van der Waals surface area contributed by atoms with Gasteiger partial charge in [-0.05, 0) is 36.6 Å². The number of carbonyl (C=O) groups excluding carboxylic acids is 1. The van der Waals surface area contributed by atoms with E-state index in [0.717, 1.165) is 28.4 Å². The van der Waals surface area contributed by atoms with E-state index in [0.29, 0.717) is 31.3 Å². The molecule has 0 aliphatic carbocycles. The summed E-state index contributed by atoms with van der Waals surface area (Å²) < 4.78 is 37.9. The minimum atomic E-state index is -3.83. The molecular weight excluding hydrogens is 380 g/mol. The van der Waals surface area contributed by atoms with Gasteiger partial charge in [-0.15, -0.1) is 0 Å². The van der Waals surface area contributed by atoms with Gasteiger partial charge in [0.15, 0.2) is 11.5 Å². The quantitative estimate of drug-likeness (QED) is 0.783. The molecule has 7 nitrogen and oxygen atoms in total. The van der Waals surface area contributed by atoms with E-state index in [-0.39, 0.29) is 17.3 Å². The summed E-state index contributed by atoms with van der Waals surface area (Å²) in [6.07, 6.45) is 1.78. The Morgan fingerprint density at radius 2 is 1.86 bits per heavy atom. The zero-order chi connectivity index (χ0) is 19.7. The predicted molar refractivity (Wildman–Crippen MR) is 104 cm³/mol. The van der Waals surface area contributed by atoms with Crippen LogP contribution in [-0.4, -0.2) is 52.0 Å². The second-order valence-electron chi connectivity index (χ2n) is 6.84. The molecule has 1 amide bonds. The Kier molecular flexibility index (Phi) is 4.99. The van der Waals surface area contributed by atoms with Crippen LogP contribution < -0.4 is 14.4 Å². The average molecular weight is 402 g/mol. The van der Waals surface area contributed by atoms with Crippen molar-refractivity contribution in [2.24, 2.45) is 0 Å². The van der Waals surface area contributed by atoms with E-state index in [2.05, 4.69) is 0 Å². The molecule has 0 bridgehead atoms. The number of carbonyl (C=O) groups is 1. The highest BCUT2D eigenvalue weighted by molar-refractivity contribution is 7.89. The molecule has 2 aromatic rings. The summed E-state index contributed by atoms with van der Waals surface area (Å²) in [6.45, 7) is 1.17. The molecule has 2 aromatic carbocycles.